The van der Waals surface area contributed by atoms with Crippen LogP contribution in [0.5, 0.6) is 0 Å². The van der Waals surface area contributed by atoms with E-state index in [1.165, 1.54) is 65.9 Å². The molecule has 0 bridgehead atoms. The molecule has 0 fully saturated rings. The molecule has 1 heterocycles. The van der Waals surface area contributed by atoms with Crippen molar-refractivity contribution in [3.05, 3.63) is 242 Å². The average Bonchev–Trinajstić information content (AvgIpc) is 3.75. The Hall–Kier alpha value is -8.20. The van der Waals surface area contributed by atoms with Gasteiger partial charge in [0.15, 0.2) is 0 Å². The Morgan fingerprint density at radius 2 is 0.746 bits per heavy atom. The Balaban J connectivity index is 0.934. The van der Waals surface area contributed by atoms with Gasteiger partial charge in [-0.05, 0) is 120 Å². The Morgan fingerprint density at radius 3 is 1.43 bits per heavy atom. The second kappa shape index (κ2) is 15.4. The van der Waals surface area contributed by atoms with Gasteiger partial charge in [0.05, 0.1) is 0 Å². The van der Waals surface area contributed by atoms with Crippen LogP contribution in [0.4, 0.5) is 11.4 Å². The molecular formula is C61H41NO. The van der Waals surface area contributed by atoms with Crippen LogP contribution in [-0.2, 0) is 6.54 Å². The number of anilines is 2. The molecule has 2 nitrogen and oxygen atoms in total. The fraction of sp³-hybridized carbons (Fsp3) is 0.0164. The summed E-state index contributed by atoms with van der Waals surface area (Å²) < 4.78 is 6.86. The first-order chi connectivity index (χ1) is 31.2. The average molecular weight is 804 g/mol. The summed E-state index contributed by atoms with van der Waals surface area (Å²) in [7, 11) is 0. The zero-order chi connectivity index (χ0) is 41.7. The van der Waals surface area contributed by atoms with Crippen molar-refractivity contribution in [3.63, 3.8) is 0 Å². The van der Waals surface area contributed by atoms with Gasteiger partial charge in [-0.3, -0.25) is 0 Å². The maximum Gasteiger partial charge on any atom is 0.143 e. The molecule has 1 aromatic heterocycles. The van der Waals surface area contributed by atoms with E-state index in [4.69, 9.17) is 4.42 Å². The van der Waals surface area contributed by atoms with Crippen molar-refractivity contribution in [2.75, 3.05) is 4.90 Å². The van der Waals surface area contributed by atoms with Gasteiger partial charge in [-0.1, -0.05) is 188 Å². The minimum Gasteiger partial charge on any atom is -0.455 e. The molecule has 0 saturated carbocycles. The zero-order valence-electron chi connectivity index (χ0n) is 34.6. The molecule has 0 unspecified atom stereocenters. The molecule has 0 amide bonds. The lowest BCUT2D eigenvalue weighted by atomic mass is 9.96. The van der Waals surface area contributed by atoms with Gasteiger partial charge in [-0.25, -0.2) is 0 Å². The van der Waals surface area contributed by atoms with Crippen LogP contribution in [0, 0.1) is 0 Å². The van der Waals surface area contributed by atoms with Crippen LogP contribution in [0.1, 0.15) is 5.56 Å². The summed E-state index contributed by atoms with van der Waals surface area (Å²) >= 11 is 0. The van der Waals surface area contributed by atoms with Crippen LogP contribution >= 0.6 is 0 Å². The van der Waals surface area contributed by atoms with Crippen LogP contribution in [0.2, 0.25) is 0 Å². The van der Waals surface area contributed by atoms with E-state index in [-0.39, 0.29) is 0 Å². The van der Waals surface area contributed by atoms with Gasteiger partial charge in [-0.15, -0.1) is 0 Å². The molecule has 0 spiro atoms. The summed E-state index contributed by atoms with van der Waals surface area (Å²) in [5, 5.41) is 9.57. The standard InChI is InChI=1S/C61H41NO/c1-3-14-46-38-50(25-23-41(46)11-1)44-29-34-54(35-30-44)62(53-32-27-43(28-33-53)48-17-9-18-49(37-48)51-26-24-42-12-2-4-15-47(42)39-51)40-52-16-6-7-19-55(52)57-21-10-22-58-59-36-31-45-13-5-8-20-56(45)60(59)63-61(57)58/h1-39H,40H2. The van der Waals surface area contributed by atoms with Crippen molar-refractivity contribution >= 4 is 65.6 Å². The molecule has 0 aliphatic rings. The lowest BCUT2D eigenvalue weighted by Gasteiger charge is -2.27. The van der Waals surface area contributed by atoms with Crippen LogP contribution in [0.25, 0.3) is 98.8 Å². The Morgan fingerprint density at radius 1 is 0.286 bits per heavy atom. The molecule has 296 valence electrons. The topological polar surface area (TPSA) is 16.4 Å². The summed E-state index contributed by atoms with van der Waals surface area (Å²) in [5.74, 6) is 0. The maximum absolute atomic E-state index is 6.86. The summed E-state index contributed by atoms with van der Waals surface area (Å²) in [5.41, 5.74) is 14.7. The molecule has 0 atom stereocenters. The first-order valence-electron chi connectivity index (χ1n) is 21.7. The molecule has 0 aliphatic carbocycles. The smallest absolute Gasteiger partial charge is 0.143 e. The van der Waals surface area contributed by atoms with Gasteiger partial charge < -0.3 is 9.32 Å². The predicted molar refractivity (Wildman–Crippen MR) is 267 cm³/mol. The van der Waals surface area contributed by atoms with Crippen LogP contribution in [0.3, 0.4) is 0 Å². The van der Waals surface area contributed by atoms with Crippen molar-refractivity contribution < 1.29 is 4.42 Å². The van der Waals surface area contributed by atoms with Gasteiger partial charge in [0.25, 0.3) is 0 Å². The number of para-hydroxylation sites is 1. The van der Waals surface area contributed by atoms with E-state index >= 15 is 0 Å². The van der Waals surface area contributed by atoms with Gasteiger partial charge >= 0.3 is 0 Å². The highest BCUT2D eigenvalue weighted by molar-refractivity contribution is 6.17. The number of hydrogen-bond acceptors (Lipinski definition) is 2. The normalized spacial score (nSPS) is 11.6. The second-order valence-electron chi connectivity index (χ2n) is 16.5. The van der Waals surface area contributed by atoms with Crippen molar-refractivity contribution in [1.29, 1.82) is 0 Å². The summed E-state index contributed by atoms with van der Waals surface area (Å²) in [6.07, 6.45) is 0. The molecule has 0 saturated heterocycles. The van der Waals surface area contributed by atoms with E-state index in [1.54, 1.807) is 0 Å². The SMILES string of the molecule is c1cc(-c2ccc(N(Cc3ccccc3-c3cccc4c3oc3c5ccccc5ccc43)c3ccc(-c4ccc5ccccc5c4)cc3)cc2)cc(-c2ccc3ccccc3c2)c1. The van der Waals surface area contributed by atoms with Gasteiger partial charge in [0.2, 0.25) is 0 Å². The Bertz CT molecular complexity index is 3650. The highest BCUT2D eigenvalue weighted by Crippen LogP contribution is 2.41. The lowest BCUT2D eigenvalue weighted by Crippen LogP contribution is -2.17. The van der Waals surface area contributed by atoms with Crippen molar-refractivity contribution in [3.8, 4) is 44.5 Å². The quantitative estimate of drug-likeness (QED) is 0.152. The third-order valence-electron chi connectivity index (χ3n) is 12.7. The monoisotopic (exact) mass is 803 g/mol. The molecule has 12 rings (SSSR count). The van der Waals surface area contributed by atoms with E-state index in [1.807, 2.05) is 0 Å². The van der Waals surface area contributed by atoms with E-state index in [0.717, 1.165) is 49.8 Å². The fourth-order valence-corrected chi connectivity index (χ4v) is 9.44. The molecule has 0 radical (unpaired) electrons. The van der Waals surface area contributed by atoms with E-state index in [9.17, 15) is 0 Å². The second-order valence-corrected chi connectivity index (χ2v) is 16.5. The third-order valence-corrected chi connectivity index (χ3v) is 12.7. The molecule has 12 aromatic rings. The number of furan rings is 1. The molecular weight excluding hydrogens is 763 g/mol. The van der Waals surface area contributed by atoms with Gasteiger partial charge in [-0.2, -0.15) is 0 Å². The molecule has 0 aliphatic heterocycles. The highest BCUT2D eigenvalue weighted by atomic mass is 16.3. The number of nitrogens with zero attached hydrogens (tertiary/aromatic N) is 1. The van der Waals surface area contributed by atoms with Crippen molar-refractivity contribution in [1.82, 2.24) is 0 Å². The summed E-state index contributed by atoms with van der Waals surface area (Å²) in [6.45, 7) is 0.655. The van der Waals surface area contributed by atoms with Gasteiger partial charge in [0.1, 0.15) is 11.2 Å². The largest absolute Gasteiger partial charge is 0.455 e. The lowest BCUT2D eigenvalue weighted by molar-refractivity contribution is 0.673. The van der Waals surface area contributed by atoms with Crippen LogP contribution in [0.15, 0.2) is 241 Å². The minimum atomic E-state index is 0.655. The molecule has 11 aromatic carbocycles. The third kappa shape index (κ3) is 6.70. The zero-order valence-corrected chi connectivity index (χ0v) is 34.6. The Kier molecular flexibility index (Phi) is 8.93. The maximum atomic E-state index is 6.86. The molecule has 0 N–H and O–H groups in total. The van der Waals surface area contributed by atoms with E-state index in [2.05, 4.69) is 241 Å². The first-order valence-corrected chi connectivity index (χ1v) is 21.7. The predicted octanol–water partition coefficient (Wildman–Crippen LogP) is 17.1. The van der Waals surface area contributed by atoms with E-state index in [0.29, 0.717) is 6.54 Å². The van der Waals surface area contributed by atoms with Crippen molar-refractivity contribution in [2.24, 2.45) is 0 Å². The Labute approximate surface area is 366 Å². The van der Waals surface area contributed by atoms with Crippen molar-refractivity contribution in [2.45, 2.75) is 6.54 Å². The van der Waals surface area contributed by atoms with Crippen LogP contribution < -0.4 is 4.90 Å². The minimum absolute atomic E-state index is 0.655. The number of fused-ring (bicyclic) bond motifs is 7. The fourth-order valence-electron chi connectivity index (χ4n) is 9.44. The van der Waals surface area contributed by atoms with Gasteiger partial charge in [0, 0.05) is 39.6 Å². The first kappa shape index (κ1) is 36.6. The van der Waals surface area contributed by atoms with Crippen LogP contribution in [-0.4, -0.2) is 0 Å². The van der Waals surface area contributed by atoms with E-state index < -0.39 is 0 Å². The highest BCUT2D eigenvalue weighted by Gasteiger charge is 2.19. The summed E-state index contributed by atoms with van der Waals surface area (Å²) in [4.78, 5) is 2.44. The number of hydrogen-bond donors (Lipinski definition) is 0. The number of rotatable bonds is 8. The molecule has 63 heavy (non-hydrogen) atoms. The summed E-state index contributed by atoms with van der Waals surface area (Å²) in [6, 6.07) is 85.7. The number of benzene rings is 11. The molecule has 2 heteroatoms.